The Labute approximate surface area is 393 Å². The number of methoxy groups -OCH3 is 1. The maximum atomic E-state index is 16.1. The quantitative estimate of drug-likeness (QED) is 0.0382. The molecule has 2 aromatic heterocycles. The third-order valence-electron chi connectivity index (χ3n) is 14.4. The first-order valence-electron chi connectivity index (χ1n) is 23.8. The Morgan fingerprint density at radius 3 is 2.58 bits per heavy atom. The number of aryl methyl sites for hydroxylation is 1. The van der Waals surface area contributed by atoms with Gasteiger partial charge in [-0.25, -0.2) is 4.98 Å². The van der Waals surface area contributed by atoms with Gasteiger partial charge in [-0.3, -0.25) is 4.79 Å². The number of carbonyl (C=O) groups excluding carboxylic acids is 1. The number of fused-ring (bicyclic) bond motifs is 6. The summed E-state index contributed by atoms with van der Waals surface area (Å²) in [5, 5.41) is 65.4. The maximum absolute atomic E-state index is 16.1. The number of aromatic hydroxyl groups is 4. The SMILES string of the molecule is CNC[C@@H]1C[C@H](c2cc(O)c(O)c(OCCCC(C)C)c2)CC(=O)[C@H]([C@H](O)CCc2ccc(O)c(OC)c2)[C@]2(CCC[C@H]2Cc2ccc[n-]2)c2ccnc(c2)Nc2ccc3cc(O)ccc3c21. The maximum Gasteiger partial charge on any atom is 0.200 e. The minimum atomic E-state index is -1.09. The molecule has 1 aliphatic heterocycles. The van der Waals surface area contributed by atoms with Crippen molar-refractivity contribution in [2.24, 2.45) is 17.8 Å². The Hall–Kier alpha value is -6.24. The molecule has 0 radical (unpaired) electrons. The van der Waals surface area contributed by atoms with E-state index in [-0.39, 0.29) is 59.2 Å². The van der Waals surface area contributed by atoms with Crippen LogP contribution in [-0.2, 0) is 23.1 Å². The second kappa shape index (κ2) is 20.7. The molecule has 0 unspecified atom stereocenters. The molecular formula is C55H65N4O8-. The number of nitrogens with one attached hydrogen (secondary N) is 2. The summed E-state index contributed by atoms with van der Waals surface area (Å²) in [6.07, 6.45) is 8.22. The van der Waals surface area contributed by atoms with Crippen LogP contribution in [0.1, 0.15) is 105 Å². The summed E-state index contributed by atoms with van der Waals surface area (Å²) in [7, 11) is 3.40. The van der Waals surface area contributed by atoms with E-state index in [0.717, 1.165) is 64.5 Å². The Bertz CT molecular complexity index is 2650. The summed E-state index contributed by atoms with van der Waals surface area (Å²) in [5.74, 6) is -0.764. The number of aliphatic hydroxyl groups excluding tert-OH is 1. The fourth-order valence-electron chi connectivity index (χ4n) is 11.3. The molecule has 1 spiro atoms. The molecule has 1 fully saturated rings. The lowest BCUT2D eigenvalue weighted by atomic mass is 9.58. The van der Waals surface area contributed by atoms with E-state index in [9.17, 15) is 25.5 Å². The summed E-state index contributed by atoms with van der Waals surface area (Å²) in [5.41, 5.74) is 4.29. The third kappa shape index (κ3) is 10.2. The number of ether oxygens (including phenoxy) is 2. The molecule has 0 saturated heterocycles. The van der Waals surface area contributed by atoms with Crippen LogP contribution in [-0.4, -0.2) is 69.7 Å². The lowest BCUT2D eigenvalue weighted by Crippen LogP contribution is -2.50. The van der Waals surface area contributed by atoms with E-state index >= 15 is 4.79 Å². The van der Waals surface area contributed by atoms with Crippen molar-refractivity contribution in [2.75, 3.05) is 32.6 Å². The van der Waals surface area contributed by atoms with Gasteiger partial charge >= 0.3 is 0 Å². The smallest absolute Gasteiger partial charge is 0.200 e. The number of benzene rings is 4. The zero-order valence-electron chi connectivity index (χ0n) is 39.0. The first-order valence-corrected chi connectivity index (χ1v) is 23.8. The summed E-state index contributed by atoms with van der Waals surface area (Å²) >= 11 is 0. The van der Waals surface area contributed by atoms with Gasteiger partial charge in [0.2, 0.25) is 5.75 Å². The normalized spacial score (nSPS) is 21.3. The second-order valence-corrected chi connectivity index (χ2v) is 19.2. The number of hydrogen-bond acceptors (Lipinski definition) is 11. The number of aliphatic hydroxyl groups is 1. The fourth-order valence-corrected chi connectivity index (χ4v) is 11.3. The van der Waals surface area contributed by atoms with Gasteiger partial charge in [0.1, 0.15) is 17.4 Å². The van der Waals surface area contributed by atoms with E-state index in [4.69, 9.17) is 19.4 Å². The number of anilines is 2. The van der Waals surface area contributed by atoms with E-state index in [2.05, 4.69) is 30.5 Å². The van der Waals surface area contributed by atoms with Crippen molar-refractivity contribution >= 4 is 28.1 Å². The monoisotopic (exact) mass is 909 g/mol. The highest BCUT2D eigenvalue weighted by Crippen LogP contribution is 2.55. The van der Waals surface area contributed by atoms with Crippen LogP contribution in [0.5, 0.6) is 34.5 Å². The van der Waals surface area contributed by atoms with E-state index in [1.807, 2.05) is 49.5 Å². The zero-order chi connectivity index (χ0) is 47.2. The van der Waals surface area contributed by atoms with E-state index < -0.39 is 23.4 Å². The molecule has 1 aliphatic carbocycles. The molecule has 1 saturated carbocycles. The van der Waals surface area contributed by atoms with Gasteiger partial charge in [-0.1, -0.05) is 50.6 Å². The van der Waals surface area contributed by atoms with Crippen LogP contribution in [0.25, 0.3) is 10.8 Å². The number of phenols is 4. The fraction of sp³-hybridized carbons (Fsp3) is 0.418. The molecule has 6 aromatic rings. The minimum Gasteiger partial charge on any atom is -0.668 e. The van der Waals surface area contributed by atoms with Crippen molar-refractivity contribution in [2.45, 2.75) is 101 Å². The highest BCUT2D eigenvalue weighted by Gasteiger charge is 2.54. The van der Waals surface area contributed by atoms with Gasteiger partial charge in [0, 0.05) is 30.3 Å². The van der Waals surface area contributed by atoms with Gasteiger partial charge in [-0.2, -0.15) is 11.9 Å². The Balaban J connectivity index is 1.32. The Morgan fingerprint density at radius 2 is 1.81 bits per heavy atom. The predicted octanol–water partition coefficient (Wildman–Crippen LogP) is 9.92. The van der Waals surface area contributed by atoms with Crippen LogP contribution in [0.2, 0.25) is 0 Å². The van der Waals surface area contributed by atoms with Gasteiger partial charge in [-0.05, 0) is 170 Å². The Kier molecular flexibility index (Phi) is 14.6. The van der Waals surface area contributed by atoms with Gasteiger partial charge in [0.05, 0.1) is 25.7 Å². The van der Waals surface area contributed by atoms with E-state index in [0.29, 0.717) is 61.9 Å². The number of phenolic OH excluding ortho intramolecular Hbond substituents is 4. The van der Waals surface area contributed by atoms with Crippen molar-refractivity contribution in [1.29, 1.82) is 0 Å². The molecule has 2 aliphatic rings. The molecule has 2 bridgehead atoms. The standard InChI is InChI=1S/C55H65N4O8/c1-33(2)8-7-23-67-50-29-37(28-48(64)54(50)65)36-25-38(32-56-3)52-43-15-14-42(60)26-35(43)13-16-44(52)59-51-31-40(19-22-58-51)55(20-5-9-39(55)30-41-10-6-21-57-41)53(47(63)27-36)46(62)18-12-34-11-17-45(61)49(24-34)66-4/h6,10-11,13-17,19,21-22,24,26,28-29,31,33,36,38-39,46,53,56,60-62,64-65H,5,7-9,12,18,20,23,25,27,30,32H2,1-4H3,(H,58,59)/q-1/t36-,38-,39-,46+,53-,55-/m0/s1. The number of likely N-dealkylation sites (N-methyl/N-ethyl adjacent to an activating group) is 1. The predicted molar refractivity (Wildman–Crippen MR) is 261 cm³/mol. The van der Waals surface area contributed by atoms with Crippen LogP contribution >= 0.6 is 0 Å². The van der Waals surface area contributed by atoms with Crippen LogP contribution < -0.4 is 25.1 Å². The molecule has 12 nitrogen and oxygen atoms in total. The molecular weight excluding hydrogens is 845 g/mol. The summed E-state index contributed by atoms with van der Waals surface area (Å²) < 4.78 is 11.6. The molecule has 7 N–H and O–H groups in total. The second-order valence-electron chi connectivity index (χ2n) is 19.2. The lowest BCUT2D eigenvalue weighted by molar-refractivity contribution is -0.132. The first kappa shape index (κ1) is 47.3. The number of pyridine rings is 1. The summed E-state index contributed by atoms with van der Waals surface area (Å²) in [6, 6.07) is 25.9. The number of rotatable bonds is 15. The van der Waals surface area contributed by atoms with Crippen molar-refractivity contribution < 1.29 is 39.8 Å². The number of nitrogens with zero attached hydrogens (tertiary/aromatic N) is 2. The van der Waals surface area contributed by atoms with E-state index in [1.165, 1.54) is 7.11 Å². The molecule has 8 rings (SSSR count). The largest absolute Gasteiger partial charge is 0.668 e. The molecule has 12 heteroatoms. The van der Waals surface area contributed by atoms with Crippen molar-refractivity contribution in [3.8, 4) is 34.5 Å². The number of Topliss-reactive ketones (excluding diaryl/α,β-unsaturated/α-hetero) is 1. The molecule has 4 aromatic carbocycles. The van der Waals surface area contributed by atoms with Crippen LogP contribution in [0, 0.1) is 17.8 Å². The van der Waals surface area contributed by atoms with Crippen LogP contribution in [0.3, 0.4) is 0 Å². The molecule has 3 heterocycles. The third-order valence-corrected chi connectivity index (χ3v) is 14.4. The summed E-state index contributed by atoms with van der Waals surface area (Å²) in [6.45, 7) is 5.14. The van der Waals surface area contributed by atoms with Crippen molar-refractivity contribution in [3.05, 3.63) is 125 Å². The highest BCUT2D eigenvalue weighted by molar-refractivity contribution is 5.93. The Morgan fingerprint density at radius 1 is 0.955 bits per heavy atom. The average molecular weight is 910 g/mol. The van der Waals surface area contributed by atoms with Gasteiger partial charge in [0.25, 0.3) is 0 Å². The number of aromatic nitrogens is 2. The topological polar surface area (TPSA) is 188 Å². The molecule has 6 atom stereocenters. The molecule has 67 heavy (non-hydrogen) atoms. The minimum absolute atomic E-state index is 0.0152. The van der Waals surface area contributed by atoms with E-state index in [1.54, 1.807) is 48.8 Å². The number of hydrogen-bond donors (Lipinski definition) is 7. The van der Waals surface area contributed by atoms with Crippen LogP contribution in [0.15, 0.2) is 97.3 Å². The zero-order valence-corrected chi connectivity index (χ0v) is 39.0. The number of carbonyl (C=O) groups is 1. The average Bonchev–Trinajstić information content (AvgIpc) is 3.99. The summed E-state index contributed by atoms with van der Waals surface area (Å²) in [4.78, 5) is 25.7. The first-order chi connectivity index (χ1) is 32.4. The lowest BCUT2D eigenvalue weighted by Gasteiger charge is -2.45. The number of ketones is 1. The van der Waals surface area contributed by atoms with Crippen molar-refractivity contribution in [3.63, 3.8) is 0 Å². The van der Waals surface area contributed by atoms with Gasteiger partial charge in [-0.15, -0.1) is 0 Å². The highest BCUT2D eigenvalue weighted by atomic mass is 16.5. The van der Waals surface area contributed by atoms with Gasteiger partial charge < -0.3 is 50.6 Å². The molecule has 354 valence electrons. The van der Waals surface area contributed by atoms with Crippen molar-refractivity contribution in [1.82, 2.24) is 15.3 Å². The van der Waals surface area contributed by atoms with Crippen LogP contribution in [0.4, 0.5) is 11.5 Å². The van der Waals surface area contributed by atoms with Gasteiger partial charge in [0.15, 0.2) is 23.0 Å². The molecule has 0 amide bonds.